The van der Waals surface area contributed by atoms with Gasteiger partial charge in [0.15, 0.2) is 0 Å². The predicted octanol–water partition coefficient (Wildman–Crippen LogP) is 5.62. The van der Waals surface area contributed by atoms with Crippen LogP contribution in [0.4, 0.5) is 20.6 Å². The standard InChI is InChI=1S/C24H31ClFN5O3/c1-5-11-27-31(4)21(16-26)19-14-17(8-10-23(19)34-13-6-12-30(2)3)28-24(33)29-18-7-9-20(25)22(32)15-18/h7-11,14-16,32H,5-6,12-13H2,1-4H3,(H2,28,29,33)/b21-16+,27-11-. The summed E-state index contributed by atoms with van der Waals surface area (Å²) in [5.74, 6) is 0.320. The molecule has 2 rings (SSSR count). The smallest absolute Gasteiger partial charge is 0.323 e. The Morgan fingerprint density at radius 2 is 1.85 bits per heavy atom. The number of halogens is 2. The number of ether oxygens (including phenoxy) is 1. The van der Waals surface area contributed by atoms with Crippen molar-refractivity contribution in [1.29, 1.82) is 0 Å². The molecule has 2 aromatic rings. The second-order valence-corrected chi connectivity index (χ2v) is 8.09. The molecule has 2 aromatic carbocycles. The second kappa shape index (κ2) is 13.4. The number of nitrogens with zero attached hydrogens (tertiary/aromatic N) is 3. The third kappa shape index (κ3) is 8.24. The van der Waals surface area contributed by atoms with Crippen LogP contribution in [-0.2, 0) is 0 Å². The van der Waals surface area contributed by atoms with Crippen molar-refractivity contribution >= 4 is 40.9 Å². The van der Waals surface area contributed by atoms with Crippen molar-refractivity contribution < 1.29 is 19.0 Å². The number of carbonyl (C=O) groups is 1. The number of anilines is 2. The van der Waals surface area contributed by atoms with Gasteiger partial charge in [-0.05, 0) is 57.3 Å². The summed E-state index contributed by atoms with van der Waals surface area (Å²) in [4.78, 5) is 14.5. The van der Waals surface area contributed by atoms with Gasteiger partial charge in [-0.15, -0.1) is 0 Å². The first kappa shape index (κ1) is 26.9. The summed E-state index contributed by atoms with van der Waals surface area (Å²) >= 11 is 5.80. The molecule has 0 unspecified atom stereocenters. The number of phenolic OH excluding ortho intramolecular Hbond substituents is 1. The lowest BCUT2D eigenvalue weighted by Gasteiger charge is -2.20. The van der Waals surface area contributed by atoms with Crippen LogP contribution < -0.4 is 15.4 Å². The van der Waals surface area contributed by atoms with Crippen LogP contribution in [0.25, 0.3) is 5.70 Å². The number of nitrogens with one attached hydrogen (secondary N) is 2. The lowest BCUT2D eigenvalue weighted by Crippen LogP contribution is -2.20. The largest absolute Gasteiger partial charge is 0.506 e. The zero-order valence-electron chi connectivity index (χ0n) is 19.8. The van der Waals surface area contributed by atoms with Crippen molar-refractivity contribution in [2.75, 3.05) is 44.9 Å². The van der Waals surface area contributed by atoms with Crippen LogP contribution in [0.3, 0.4) is 0 Å². The average Bonchev–Trinajstić information content (AvgIpc) is 2.79. The van der Waals surface area contributed by atoms with E-state index < -0.39 is 6.03 Å². The zero-order valence-corrected chi connectivity index (χ0v) is 20.6. The highest BCUT2D eigenvalue weighted by Gasteiger charge is 2.16. The van der Waals surface area contributed by atoms with Crippen LogP contribution >= 0.6 is 11.6 Å². The number of benzene rings is 2. The molecule has 34 heavy (non-hydrogen) atoms. The third-order valence-corrected chi connectivity index (χ3v) is 4.93. The lowest BCUT2D eigenvalue weighted by molar-refractivity contribution is 0.262. The number of amides is 2. The number of aromatic hydroxyl groups is 1. The van der Waals surface area contributed by atoms with Crippen molar-refractivity contribution in [2.45, 2.75) is 19.8 Å². The van der Waals surface area contributed by atoms with Crippen LogP contribution in [0.2, 0.25) is 5.02 Å². The Hall–Kier alpha value is -3.30. The molecule has 0 spiro atoms. The van der Waals surface area contributed by atoms with Crippen molar-refractivity contribution in [3.05, 3.63) is 53.3 Å². The van der Waals surface area contributed by atoms with E-state index >= 15 is 0 Å². The first-order valence-electron chi connectivity index (χ1n) is 10.8. The molecular formula is C24H31ClFN5O3. The summed E-state index contributed by atoms with van der Waals surface area (Å²) in [5, 5.41) is 20.8. The molecule has 3 N–H and O–H groups in total. The van der Waals surface area contributed by atoms with Gasteiger partial charge >= 0.3 is 6.03 Å². The summed E-state index contributed by atoms with van der Waals surface area (Å²) in [6, 6.07) is 8.77. The first-order chi connectivity index (χ1) is 16.2. The minimum atomic E-state index is -0.546. The Morgan fingerprint density at radius 3 is 2.47 bits per heavy atom. The monoisotopic (exact) mass is 491 g/mol. The summed E-state index contributed by atoms with van der Waals surface area (Å²) in [5.41, 5.74) is 1.39. The molecule has 184 valence electrons. The number of rotatable bonds is 11. The van der Waals surface area contributed by atoms with Crippen molar-refractivity contribution in [1.82, 2.24) is 9.91 Å². The van der Waals surface area contributed by atoms with Gasteiger partial charge in [-0.2, -0.15) is 5.10 Å². The van der Waals surface area contributed by atoms with E-state index in [1.54, 1.807) is 37.5 Å². The Morgan fingerprint density at radius 1 is 1.18 bits per heavy atom. The number of carbonyl (C=O) groups excluding carboxylic acids is 1. The highest BCUT2D eigenvalue weighted by atomic mass is 35.5. The van der Waals surface area contributed by atoms with Gasteiger partial charge in [-0.25, -0.2) is 9.18 Å². The SMILES string of the molecule is CC/C=N\N(C)/C(=C/F)c1cc(NC(=O)Nc2ccc(Cl)c(O)c2)ccc1OCCCN(C)C. The van der Waals surface area contributed by atoms with Gasteiger partial charge in [0.25, 0.3) is 0 Å². The van der Waals surface area contributed by atoms with Gasteiger partial charge in [-0.3, -0.25) is 5.01 Å². The Kier molecular flexibility index (Phi) is 10.6. The Balaban J connectivity index is 2.25. The second-order valence-electron chi connectivity index (χ2n) is 7.69. The maximum absolute atomic E-state index is 14.0. The summed E-state index contributed by atoms with van der Waals surface area (Å²) in [6.07, 6.45) is 3.61. The molecular weight excluding hydrogens is 461 g/mol. The minimum Gasteiger partial charge on any atom is -0.506 e. The molecule has 10 heteroatoms. The molecule has 0 aliphatic rings. The fraction of sp³-hybridized carbons (Fsp3) is 0.333. The quantitative estimate of drug-likeness (QED) is 0.216. The van der Waals surface area contributed by atoms with Crippen LogP contribution in [0.1, 0.15) is 25.3 Å². The molecule has 2 amide bonds. The maximum atomic E-state index is 14.0. The normalized spacial score (nSPS) is 11.7. The summed E-state index contributed by atoms with van der Waals surface area (Å²) in [7, 11) is 5.59. The molecule has 0 atom stereocenters. The molecule has 0 fully saturated rings. The van der Waals surface area contributed by atoms with E-state index in [9.17, 15) is 14.3 Å². The number of phenols is 1. The van der Waals surface area contributed by atoms with Crippen molar-refractivity contribution in [3.8, 4) is 11.5 Å². The lowest BCUT2D eigenvalue weighted by atomic mass is 10.1. The van der Waals surface area contributed by atoms with E-state index in [2.05, 4.69) is 20.6 Å². The average molecular weight is 492 g/mol. The van der Waals surface area contributed by atoms with Gasteiger partial charge in [0.1, 0.15) is 17.8 Å². The topological polar surface area (TPSA) is 89.4 Å². The van der Waals surface area contributed by atoms with Gasteiger partial charge in [0, 0.05) is 42.8 Å². The van der Waals surface area contributed by atoms with Crippen LogP contribution in [0, 0.1) is 0 Å². The molecule has 0 radical (unpaired) electrons. The third-order valence-electron chi connectivity index (χ3n) is 4.61. The van der Waals surface area contributed by atoms with Gasteiger partial charge in [0.05, 0.1) is 17.3 Å². The van der Waals surface area contributed by atoms with Crippen LogP contribution in [0.15, 0.2) is 47.8 Å². The van der Waals surface area contributed by atoms with E-state index in [0.717, 1.165) is 13.0 Å². The van der Waals surface area contributed by atoms with Crippen LogP contribution in [-0.4, -0.2) is 61.6 Å². The fourth-order valence-electron chi connectivity index (χ4n) is 2.95. The molecule has 0 bridgehead atoms. The number of urea groups is 1. The molecule has 0 aliphatic carbocycles. The van der Waals surface area contributed by atoms with Gasteiger partial charge in [0.2, 0.25) is 0 Å². The summed E-state index contributed by atoms with van der Waals surface area (Å²) < 4.78 is 19.9. The molecule has 0 aliphatic heterocycles. The van der Waals surface area contributed by atoms with Crippen molar-refractivity contribution in [2.24, 2.45) is 5.10 Å². The minimum absolute atomic E-state index is 0.147. The van der Waals surface area contributed by atoms with E-state index in [-0.39, 0.29) is 16.5 Å². The summed E-state index contributed by atoms with van der Waals surface area (Å²) in [6.45, 7) is 3.22. The molecule has 0 aromatic heterocycles. The van der Waals surface area contributed by atoms with E-state index in [4.69, 9.17) is 16.3 Å². The zero-order chi connectivity index (χ0) is 25.1. The van der Waals surface area contributed by atoms with Crippen molar-refractivity contribution in [3.63, 3.8) is 0 Å². The number of hydrogen-bond acceptors (Lipinski definition) is 6. The molecule has 0 saturated heterocycles. The molecule has 0 heterocycles. The van der Waals surface area contributed by atoms with Gasteiger partial charge in [-0.1, -0.05) is 18.5 Å². The molecule has 0 saturated carbocycles. The Labute approximate surface area is 204 Å². The first-order valence-corrected chi connectivity index (χ1v) is 11.2. The highest BCUT2D eigenvalue weighted by Crippen LogP contribution is 2.32. The fourth-order valence-corrected chi connectivity index (χ4v) is 3.07. The van der Waals surface area contributed by atoms with E-state index in [1.165, 1.54) is 17.1 Å². The maximum Gasteiger partial charge on any atom is 0.323 e. The van der Waals surface area contributed by atoms with E-state index in [1.807, 2.05) is 21.0 Å². The van der Waals surface area contributed by atoms with E-state index in [0.29, 0.717) is 42.0 Å². The van der Waals surface area contributed by atoms with Crippen LogP contribution in [0.5, 0.6) is 11.5 Å². The molecule has 8 nitrogen and oxygen atoms in total. The Bertz CT molecular complexity index is 1030. The van der Waals surface area contributed by atoms with Gasteiger partial charge < -0.3 is 25.4 Å². The number of hydrazone groups is 1. The number of hydrogen-bond donors (Lipinski definition) is 3. The predicted molar refractivity (Wildman–Crippen MR) is 136 cm³/mol. The highest BCUT2D eigenvalue weighted by molar-refractivity contribution is 6.32.